The third kappa shape index (κ3) is 4.56. The first kappa shape index (κ1) is 19.8. The molecule has 8 nitrogen and oxygen atoms in total. The normalized spacial score (nSPS) is 10.7. The van der Waals surface area contributed by atoms with Gasteiger partial charge in [-0.05, 0) is 11.3 Å². The van der Waals surface area contributed by atoms with Gasteiger partial charge in [0.15, 0.2) is 10.9 Å². The number of anilines is 1. The van der Waals surface area contributed by atoms with E-state index >= 15 is 0 Å². The summed E-state index contributed by atoms with van der Waals surface area (Å²) in [7, 11) is 0. The number of nitrogens with one attached hydrogen (secondary N) is 1. The number of benzene rings is 2. The van der Waals surface area contributed by atoms with E-state index in [2.05, 4.69) is 15.3 Å². The van der Waals surface area contributed by atoms with Gasteiger partial charge in [-0.1, -0.05) is 72.4 Å². The summed E-state index contributed by atoms with van der Waals surface area (Å²) in [4.78, 5) is 30.8. The van der Waals surface area contributed by atoms with Gasteiger partial charge in [-0.25, -0.2) is 9.97 Å². The Labute approximate surface area is 179 Å². The highest BCUT2D eigenvalue weighted by molar-refractivity contribution is 7.99. The first-order valence-corrected chi connectivity index (χ1v) is 10.5. The van der Waals surface area contributed by atoms with Gasteiger partial charge in [0.2, 0.25) is 5.91 Å². The van der Waals surface area contributed by atoms with Crippen LogP contribution in [0.1, 0.15) is 0 Å². The molecule has 30 heavy (non-hydrogen) atoms. The average Bonchev–Trinajstić information content (AvgIpc) is 3.41. The fourth-order valence-electron chi connectivity index (χ4n) is 2.63. The van der Waals surface area contributed by atoms with Crippen LogP contribution >= 0.6 is 23.1 Å². The summed E-state index contributed by atoms with van der Waals surface area (Å²) in [5.74, 6) is 0.293. The number of carbonyl (C=O) groups excluding carboxylic acids is 1. The van der Waals surface area contributed by atoms with E-state index in [-0.39, 0.29) is 21.8 Å². The number of nitro groups is 1. The number of rotatable bonds is 7. The minimum absolute atomic E-state index is 0.0242. The first-order chi connectivity index (χ1) is 14.6. The molecule has 4 aromatic rings. The predicted molar refractivity (Wildman–Crippen MR) is 115 cm³/mol. The molecule has 0 radical (unpaired) electrons. The van der Waals surface area contributed by atoms with Crippen molar-refractivity contribution in [3.05, 3.63) is 77.0 Å². The van der Waals surface area contributed by atoms with Crippen molar-refractivity contribution in [3.63, 3.8) is 0 Å². The van der Waals surface area contributed by atoms with Gasteiger partial charge in [0.05, 0.1) is 10.7 Å². The Bertz CT molecular complexity index is 1120. The fourth-order valence-corrected chi connectivity index (χ4v) is 3.90. The van der Waals surface area contributed by atoms with Gasteiger partial charge in [-0.15, -0.1) is 0 Å². The van der Waals surface area contributed by atoms with Crippen LogP contribution in [0.3, 0.4) is 0 Å². The van der Waals surface area contributed by atoms with E-state index in [1.807, 2.05) is 60.7 Å². The molecule has 0 aliphatic rings. The van der Waals surface area contributed by atoms with E-state index in [4.69, 9.17) is 4.42 Å². The summed E-state index contributed by atoms with van der Waals surface area (Å²) in [6.45, 7) is 0. The monoisotopic (exact) mass is 438 g/mol. The second-order valence-corrected chi connectivity index (χ2v) is 7.92. The van der Waals surface area contributed by atoms with Gasteiger partial charge in [0, 0.05) is 11.1 Å². The highest BCUT2D eigenvalue weighted by Gasteiger charge is 2.19. The zero-order valence-corrected chi connectivity index (χ0v) is 17.0. The number of amides is 1. The molecule has 150 valence electrons. The van der Waals surface area contributed by atoms with Crippen molar-refractivity contribution in [3.8, 4) is 22.6 Å². The van der Waals surface area contributed by atoms with Gasteiger partial charge in [0.25, 0.3) is 5.22 Å². The van der Waals surface area contributed by atoms with E-state index in [1.165, 1.54) is 0 Å². The molecule has 0 unspecified atom stereocenters. The summed E-state index contributed by atoms with van der Waals surface area (Å²) in [6, 6.07) is 19.3. The van der Waals surface area contributed by atoms with Crippen LogP contribution in [0.25, 0.3) is 22.6 Å². The lowest BCUT2D eigenvalue weighted by Gasteiger charge is -2.00. The van der Waals surface area contributed by atoms with Crippen LogP contribution in [0, 0.1) is 10.1 Å². The number of aromatic nitrogens is 2. The second kappa shape index (κ2) is 8.89. The van der Waals surface area contributed by atoms with E-state index in [0.717, 1.165) is 40.4 Å². The zero-order valence-electron chi connectivity index (χ0n) is 15.3. The molecule has 0 atom stereocenters. The molecule has 2 heterocycles. The Hall–Kier alpha value is -3.50. The van der Waals surface area contributed by atoms with Crippen LogP contribution in [-0.4, -0.2) is 26.6 Å². The van der Waals surface area contributed by atoms with Crippen LogP contribution in [-0.2, 0) is 4.79 Å². The average molecular weight is 438 g/mol. The van der Waals surface area contributed by atoms with Gasteiger partial charge in [0.1, 0.15) is 11.9 Å². The minimum Gasteiger partial charge on any atom is -0.431 e. The van der Waals surface area contributed by atoms with Crippen molar-refractivity contribution in [2.45, 2.75) is 5.22 Å². The molecule has 0 spiro atoms. The summed E-state index contributed by atoms with van der Waals surface area (Å²) >= 11 is 1.94. The second-order valence-electron chi connectivity index (χ2n) is 5.99. The largest absolute Gasteiger partial charge is 0.431 e. The Balaban J connectivity index is 1.51. The summed E-state index contributed by atoms with van der Waals surface area (Å²) in [5.41, 5.74) is 2.49. The Morgan fingerprint density at radius 1 is 1.10 bits per heavy atom. The number of hydrogen-bond donors (Lipinski definition) is 1. The van der Waals surface area contributed by atoms with Gasteiger partial charge < -0.3 is 9.73 Å². The Morgan fingerprint density at radius 2 is 1.77 bits per heavy atom. The van der Waals surface area contributed by atoms with Crippen LogP contribution in [0.2, 0.25) is 0 Å². The molecule has 4 rings (SSSR count). The van der Waals surface area contributed by atoms with Crippen LogP contribution in [0.15, 0.2) is 76.5 Å². The number of hydrogen-bond acceptors (Lipinski definition) is 8. The zero-order chi connectivity index (χ0) is 20.9. The third-order valence-corrected chi connectivity index (χ3v) is 5.63. The molecule has 0 saturated heterocycles. The standard InChI is InChI=1S/C20H14N4O4S2/c25-15(22-19-21-11-16(30-19)24(26)27)12-29-20-23-17(13-7-3-1-4-8-13)18(28-20)14-9-5-2-6-10-14/h1-11H,12H2,(H,21,22,25). The van der Waals surface area contributed by atoms with E-state index in [9.17, 15) is 14.9 Å². The van der Waals surface area contributed by atoms with Crippen molar-refractivity contribution in [1.29, 1.82) is 0 Å². The molecule has 0 bridgehead atoms. The van der Waals surface area contributed by atoms with Crippen molar-refractivity contribution in [2.75, 3.05) is 11.1 Å². The molecule has 0 fully saturated rings. The number of thiazole rings is 1. The highest BCUT2D eigenvalue weighted by Crippen LogP contribution is 2.35. The summed E-state index contributed by atoms with van der Waals surface area (Å²) in [5, 5.41) is 13.7. The maximum atomic E-state index is 12.2. The topological polar surface area (TPSA) is 111 Å². The molecular formula is C20H14N4O4S2. The first-order valence-electron chi connectivity index (χ1n) is 8.74. The predicted octanol–water partition coefficient (Wildman–Crippen LogP) is 5.10. The van der Waals surface area contributed by atoms with Crippen molar-refractivity contribution >= 4 is 39.1 Å². The molecule has 2 aromatic heterocycles. The lowest BCUT2D eigenvalue weighted by atomic mass is 10.1. The van der Waals surface area contributed by atoms with E-state index < -0.39 is 4.92 Å². The molecule has 10 heteroatoms. The molecule has 2 aromatic carbocycles. The Morgan fingerprint density at radius 3 is 2.40 bits per heavy atom. The third-order valence-electron chi connectivity index (χ3n) is 3.94. The van der Waals surface area contributed by atoms with Crippen LogP contribution in [0.5, 0.6) is 0 Å². The molecule has 1 N–H and O–H groups in total. The van der Waals surface area contributed by atoms with Crippen molar-refractivity contribution < 1.29 is 14.1 Å². The smallest absolute Gasteiger partial charge is 0.345 e. The maximum Gasteiger partial charge on any atom is 0.345 e. The molecular weight excluding hydrogens is 424 g/mol. The molecule has 1 amide bonds. The molecule has 0 aliphatic heterocycles. The maximum absolute atomic E-state index is 12.2. The molecule has 0 saturated carbocycles. The van der Waals surface area contributed by atoms with Crippen molar-refractivity contribution in [2.24, 2.45) is 0 Å². The quantitative estimate of drug-likeness (QED) is 0.243. The number of oxazole rings is 1. The Kier molecular flexibility index (Phi) is 5.87. The number of nitrogens with zero attached hydrogens (tertiary/aromatic N) is 3. The van der Waals surface area contributed by atoms with E-state index in [1.54, 1.807) is 0 Å². The van der Waals surface area contributed by atoms with Gasteiger partial charge in [-0.2, -0.15) is 0 Å². The molecule has 0 aliphatic carbocycles. The number of carbonyl (C=O) groups is 1. The minimum atomic E-state index is -0.551. The lowest BCUT2D eigenvalue weighted by Crippen LogP contribution is -2.13. The SMILES string of the molecule is O=C(CSc1nc(-c2ccccc2)c(-c2ccccc2)o1)Nc1ncc([N+](=O)[O-])s1. The summed E-state index contributed by atoms with van der Waals surface area (Å²) in [6.07, 6.45) is 1.11. The van der Waals surface area contributed by atoms with Crippen LogP contribution in [0.4, 0.5) is 10.1 Å². The fraction of sp³-hybridized carbons (Fsp3) is 0.0500. The van der Waals surface area contributed by atoms with Gasteiger partial charge in [-0.3, -0.25) is 14.9 Å². The van der Waals surface area contributed by atoms with Crippen molar-refractivity contribution in [1.82, 2.24) is 9.97 Å². The van der Waals surface area contributed by atoms with E-state index in [0.29, 0.717) is 16.7 Å². The number of thioether (sulfide) groups is 1. The lowest BCUT2D eigenvalue weighted by molar-refractivity contribution is -0.380. The van der Waals surface area contributed by atoms with Crippen LogP contribution < -0.4 is 5.32 Å². The highest BCUT2D eigenvalue weighted by atomic mass is 32.2. The van der Waals surface area contributed by atoms with Gasteiger partial charge >= 0.3 is 5.00 Å². The summed E-state index contributed by atoms with van der Waals surface area (Å²) < 4.78 is 5.96.